The minimum absolute atomic E-state index is 0.664. The van der Waals surface area contributed by atoms with Gasteiger partial charge in [0.25, 0.3) is 0 Å². The smallest absolute Gasteiger partial charge is 0.174 e. The summed E-state index contributed by atoms with van der Waals surface area (Å²) in [5.41, 5.74) is 0. The van der Waals surface area contributed by atoms with Crippen LogP contribution in [0.2, 0.25) is 0 Å². The Morgan fingerprint density at radius 1 is 1.29 bits per heavy atom. The fraction of sp³-hybridized carbons (Fsp3) is 0.455. The summed E-state index contributed by atoms with van der Waals surface area (Å²) in [5.74, 6) is 2.71. The van der Waals surface area contributed by atoms with Crippen LogP contribution in [0.1, 0.15) is 13.8 Å². The molecule has 0 aliphatic carbocycles. The Hall–Kier alpha value is -0.830. The van der Waals surface area contributed by atoms with E-state index in [1.807, 2.05) is 19.1 Å². The maximum atomic E-state index is 5.57. The lowest BCUT2D eigenvalue weighted by atomic mass is 10.3. The molecule has 14 heavy (non-hydrogen) atoms. The van der Waals surface area contributed by atoms with Gasteiger partial charge in [0.05, 0.1) is 18.6 Å². The van der Waals surface area contributed by atoms with Crippen molar-refractivity contribution < 1.29 is 9.47 Å². The predicted octanol–water partition coefficient (Wildman–Crippen LogP) is 3.21. The molecular formula is C11H16O2S. The van der Waals surface area contributed by atoms with Crippen LogP contribution in [0.3, 0.4) is 0 Å². The van der Waals surface area contributed by atoms with E-state index in [9.17, 15) is 0 Å². The summed E-state index contributed by atoms with van der Waals surface area (Å²) in [6.07, 6.45) is 0. The zero-order chi connectivity index (χ0) is 10.4. The van der Waals surface area contributed by atoms with E-state index in [1.54, 1.807) is 18.9 Å². The number of methoxy groups -OCH3 is 1. The molecule has 0 saturated heterocycles. The van der Waals surface area contributed by atoms with Crippen molar-refractivity contribution in [3.63, 3.8) is 0 Å². The zero-order valence-electron chi connectivity index (χ0n) is 8.87. The first kappa shape index (κ1) is 11.2. The molecule has 0 aliphatic heterocycles. The lowest BCUT2D eigenvalue weighted by molar-refractivity contribution is 0.303. The van der Waals surface area contributed by atoms with Gasteiger partial charge in [-0.05, 0) is 24.8 Å². The summed E-state index contributed by atoms with van der Waals surface area (Å²) in [5, 5.41) is 0. The first-order valence-electron chi connectivity index (χ1n) is 4.76. The van der Waals surface area contributed by atoms with E-state index in [0.29, 0.717) is 6.61 Å². The monoisotopic (exact) mass is 212 g/mol. The van der Waals surface area contributed by atoms with E-state index in [0.717, 1.165) is 22.1 Å². The molecule has 0 N–H and O–H groups in total. The van der Waals surface area contributed by atoms with Crippen LogP contribution < -0.4 is 9.47 Å². The summed E-state index contributed by atoms with van der Waals surface area (Å²) in [4.78, 5) is 1.15. The Bertz CT molecular complexity index is 287. The van der Waals surface area contributed by atoms with Crippen LogP contribution in [0.4, 0.5) is 0 Å². The van der Waals surface area contributed by atoms with Crippen molar-refractivity contribution in [1.82, 2.24) is 0 Å². The number of benzene rings is 1. The molecule has 1 aromatic rings. The average molecular weight is 212 g/mol. The van der Waals surface area contributed by atoms with Gasteiger partial charge in [-0.15, -0.1) is 11.8 Å². The van der Waals surface area contributed by atoms with Gasteiger partial charge in [-0.3, -0.25) is 0 Å². The lowest BCUT2D eigenvalue weighted by Gasteiger charge is -2.12. The van der Waals surface area contributed by atoms with E-state index in [1.165, 1.54) is 0 Å². The van der Waals surface area contributed by atoms with Crippen LogP contribution in [-0.4, -0.2) is 19.5 Å². The molecule has 0 bridgehead atoms. The molecule has 0 unspecified atom stereocenters. The summed E-state index contributed by atoms with van der Waals surface area (Å²) >= 11 is 1.77. The third-order valence-corrected chi connectivity index (χ3v) is 2.67. The van der Waals surface area contributed by atoms with Gasteiger partial charge in [0.2, 0.25) is 0 Å². The van der Waals surface area contributed by atoms with Crippen LogP contribution in [0, 0.1) is 0 Å². The van der Waals surface area contributed by atoms with Crippen molar-refractivity contribution >= 4 is 11.8 Å². The highest BCUT2D eigenvalue weighted by Gasteiger charge is 2.09. The van der Waals surface area contributed by atoms with Crippen LogP contribution >= 0.6 is 11.8 Å². The van der Waals surface area contributed by atoms with E-state index in [4.69, 9.17) is 9.47 Å². The Balaban J connectivity index is 3.00. The average Bonchev–Trinajstić information content (AvgIpc) is 2.21. The highest BCUT2D eigenvalue weighted by molar-refractivity contribution is 7.99. The van der Waals surface area contributed by atoms with Gasteiger partial charge in [-0.25, -0.2) is 0 Å². The third kappa shape index (κ3) is 2.58. The second-order valence-corrected chi connectivity index (χ2v) is 3.96. The van der Waals surface area contributed by atoms with E-state index < -0.39 is 0 Å². The number of thioether (sulfide) groups is 1. The van der Waals surface area contributed by atoms with Crippen LogP contribution in [0.5, 0.6) is 11.5 Å². The molecule has 1 aromatic carbocycles. The second-order valence-electron chi connectivity index (χ2n) is 2.65. The predicted molar refractivity (Wildman–Crippen MR) is 60.6 cm³/mol. The van der Waals surface area contributed by atoms with Crippen LogP contribution in [0.25, 0.3) is 0 Å². The number of para-hydroxylation sites is 1. The molecule has 0 atom stereocenters. The lowest BCUT2D eigenvalue weighted by Crippen LogP contribution is -1.96. The van der Waals surface area contributed by atoms with Crippen molar-refractivity contribution in [3.05, 3.63) is 18.2 Å². The molecule has 1 rings (SSSR count). The molecule has 0 aliphatic rings. The molecule has 0 saturated carbocycles. The normalized spacial score (nSPS) is 9.93. The van der Waals surface area contributed by atoms with Crippen LogP contribution in [-0.2, 0) is 0 Å². The Morgan fingerprint density at radius 2 is 2.07 bits per heavy atom. The first-order chi connectivity index (χ1) is 6.83. The highest BCUT2D eigenvalue weighted by Crippen LogP contribution is 2.37. The van der Waals surface area contributed by atoms with Crippen molar-refractivity contribution in [1.29, 1.82) is 0 Å². The number of hydrogen-bond acceptors (Lipinski definition) is 3. The van der Waals surface area contributed by atoms with Gasteiger partial charge in [-0.2, -0.15) is 0 Å². The van der Waals surface area contributed by atoms with Crippen molar-refractivity contribution in [2.24, 2.45) is 0 Å². The maximum Gasteiger partial charge on any atom is 0.174 e. The molecule has 78 valence electrons. The fourth-order valence-electron chi connectivity index (χ4n) is 1.21. The molecule has 2 nitrogen and oxygen atoms in total. The standard InChI is InChI=1S/C11H16O2S/c1-4-13-11-9(12-3)7-6-8-10(11)14-5-2/h6-8H,4-5H2,1-3H3. The first-order valence-corrected chi connectivity index (χ1v) is 5.74. The van der Waals surface area contributed by atoms with Gasteiger partial charge >= 0.3 is 0 Å². The molecule has 0 heterocycles. The van der Waals surface area contributed by atoms with E-state index in [2.05, 4.69) is 13.0 Å². The summed E-state index contributed by atoms with van der Waals surface area (Å²) in [7, 11) is 1.66. The van der Waals surface area contributed by atoms with Gasteiger partial charge in [0.1, 0.15) is 0 Å². The SMILES string of the molecule is CCOc1c(OC)cccc1SCC. The molecule has 0 radical (unpaired) electrons. The minimum atomic E-state index is 0.664. The van der Waals surface area contributed by atoms with E-state index >= 15 is 0 Å². The quantitative estimate of drug-likeness (QED) is 0.698. The van der Waals surface area contributed by atoms with Crippen molar-refractivity contribution in [3.8, 4) is 11.5 Å². The van der Waals surface area contributed by atoms with Gasteiger partial charge < -0.3 is 9.47 Å². The molecular weight excluding hydrogens is 196 g/mol. The fourth-order valence-corrected chi connectivity index (χ4v) is 1.99. The largest absolute Gasteiger partial charge is 0.493 e. The van der Waals surface area contributed by atoms with Gasteiger partial charge in [0.15, 0.2) is 11.5 Å². The number of ether oxygens (including phenoxy) is 2. The minimum Gasteiger partial charge on any atom is -0.493 e. The summed E-state index contributed by atoms with van der Waals surface area (Å²) in [6, 6.07) is 5.96. The van der Waals surface area contributed by atoms with Gasteiger partial charge in [-0.1, -0.05) is 13.0 Å². The second kappa shape index (κ2) is 5.81. The van der Waals surface area contributed by atoms with Crippen molar-refractivity contribution in [2.45, 2.75) is 18.7 Å². The summed E-state index contributed by atoms with van der Waals surface area (Å²) in [6.45, 7) is 4.77. The molecule has 0 spiro atoms. The molecule has 0 amide bonds. The Morgan fingerprint density at radius 3 is 2.64 bits per heavy atom. The summed E-state index contributed by atoms with van der Waals surface area (Å²) < 4.78 is 10.8. The molecule has 0 aromatic heterocycles. The molecule has 0 fully saturated rings. The van der Waals surface area contributed by atoms with Crippen LogP contribution in [0.15, 0.2) is 23.1 Å². The topological polar surface area (TPSA) is 18.5 Å². The zero-order valence-corrected chi connectivity index (χ0v) is 9.69. The van der Waals surface area contributed by atoms with Gasteiger partial charge in [0, 0.05) is 0 Å². The Labute approximate surface area is 89.6 Å². The Kier molecular flexibility index (Phi) is 4.66. The molecule has 3 heteroatoms. The third-order valence-electron chi connectivity index (χ3n) is 1.75. The number of rotatable bonds is 5. The van der Waals surface area contributed by atoms with Crippen molar-refractivity contribution in [2.75, 3.05) is 19.5 Å². The highest BCUT2D eigenvalue weighted by atomic mass is 32.2. The number of hydrogen-bond donors (Lipinski definition) is 0. The maximum absolute atomic E-state index is 5.57. The van der Waals surface area contributed by atoms with E-state index in [-0.39, 0.29) is 0 Å².